The van der Waals surface area contributed by atoms with E-state index in [1.54, 1.807) is 6.08 Å². The van der Waals surface area contributed by atoms with Gasteiger partial charge in [0, 0.05) is 40.3 Å². The fourth-order valence-electron chi connectivity index (χ4n) is 9.69. The maximum Gasteiger partial charge on any atom is 0.305 e. The van der Waals surface area contributed by atoms with Crippen molar-refractivity contribution < 1.29 is 23.9 Å². The zero-order chi connectivity index (χ0) is 31.6. The van der Waals surface area contributed by atoms with Crippen LogP contribution in [0, 0.1) is 34.5 Å². The molecule has 0 spiro atoms. The molecule has 0 bridgehead atoms. The maximum atomic E-state index is 14.0. The number of amides is 2. The van der Waals surface area contributed by atoms with Gasteiger partial charge in [0.2, 0.25) is 11.8 Å². The Morgan fingerprint density at radius 3 is 2.53 bits per heavy atom. The quantitative estimate of drug-likeness (QED) is 0.201. The monoisotopic (exact) mass is 614 g/mol. The SMILES string of the molecule is COC(=O)CCCCCCCOc1cccc2c(NC(=O)[C@H]3CC[C@H]4[C@@H]5CC[C@H]6NC(=O)C=C[C@]6(C)[C@H]5CC[C@]34C)cccc12. The number of nitrogens with one attached hydrogen (secondary N) is 2. The Hall–Kier alpha value is -3.35. The highest BCUT2D eigenvalue weighted by molar-refractivity contribution is 6.04. The lowest BCUT2D eigenvalue weighted by atomic mass is 9.48. The van der Waals surface area contributed by atoms with Gasteiger partial charge in [0.25, 0.3) is 0 Å². The van der Waals surface area contributed by atoms with Gasteiger partial charge in [-0.2, -0.15) is 0 Å². The summed E-state index contributed by atoms with van der Waals surface area (Å²) in [6.07, 6.45) is 15.8. The van der Waals surface area contributed by atoms with E-state index in [2.05, 4.69) is 42.7 Å². The number of carbonyl (C=O) groups excluding carboxylic acids is 3. The lowest BCUT2D eigenvalue weighted by molar-refractivity contribution is -0.140. The first-order chi connectivity index (χ1) is 21.7. The average Bonchev–Trinajstić information content (AvgIpc) is 3.40. The molecule has 0 saturated heterocycles. The summed E-state index contributed by atoms with van der Waals surface area (Å²) >= 11 is 0. The number of hydrogen-bond donors (Lipinski definition) is 2. The maximum absolute atomic E-state index is 14.0. The van der Waals surface area contributed by atoms with Crippen LogP contribution in [0.4, 0.5) is 5.69 Å². The van der Waals surface area contributed by atoms with E-state index in [1.165, 1.54) is 7.11 Å². The fraction of sp³-hybridized carbons (Fsp3) is 0.605. The van der Waals surface area contributed by atoms with E-state index in [0.29, 0.717) is 30.8 Å². The first-order valence-electron chi connectivity index (χ1n) is 17.3. The molecule has 7 atom stereocenters. The Bertz CT molecular complexity index is 1450. The van der Waals surface area contributed by atoms with E-state index in [9.17, 15) is 14.4 Å². The van der Waals surface area contributed by atoms with Gasteiger partial charge in [0.1, 0.15) is 5.75 Å². The molecule has 7 heteroatoms. The molecular weight excluding hydrogens is 564 g/mol. The summed E-state index contributed by atoms with van der Waals surface area (Å²) in [6, 6.07) is 12.4. The van der Waals surface area contributed by atoms with Gasteiger partial charge in [-0.05, 0) is 92.7 Å². The van der Waals surface area contributed by atoms with Crippen molar-refractivity contribution in [3.63, 3.8) is 0 Å². The number of rotatable bonds is 11. The summed E-state index contributed by atoms with van der Waals surface area (Å²) in [4.78, 5) is 37.4. The van der Waals surface area contributed by atoms with Crippen molar-refractivity contribution in [1.29, 1.82) is 0 Å². The molecule has 3 aliphatic carbocycles. The van der Waals surface area contributed by atoms with Crippen LogP contribution in [0.5, 0.6) is 5.75 Å². The van der Waals surface area contributed by atoms with Gasteiger partial charge in [-0.1, -0.05) is 63.5 Å². The second kappa shape index (κ2) is 13.2. The van der Waals surface area contributed by atoms with E-state index in [1.807, 2.05) is 24.3 Å². The summed E-state index contributed by atoms with van der Waals surface area (Å²) in [5.74, 6) is 2.58. The summed E-state index contributed by atoms with van der Waals surface area (Å²) < 4.78 is 10.9. The molecule has 1 aliphatic heterocycles. The van der Waals surface area contributed by atoms with Crippen molar-refractivity contribution in [1.82, 2.24) is 5.32 Å². The average molecular weight is 615 g/mol. The van der Waals surface area contributed by atoms with Crippen LogP contribution in [0.2, 0.25) is 0 Å². The largest absolute Gasteiger partial charge is 0.493 e. The van der Waals surface area contributed by atoms with Crippen LogP contribution < -0.4 is 15.4 Å². The van der Waals surface area contributed by atoms with Crippen molar-refractivity contribution in [2.24, 2.45) is 34.5 Å². The van der Waals surface area contributed by atoms with Gasteiger partial charge in [-0.25, -0.2) is 0 Å². The predicted octanol–water partition coefficient (Wildman–Crippen LogP) is 7.58. The lowest BCUT2D eigenvalue weighted by Gasteiger charge is -2.58. The molecule has 0 radical (unpaired) electrons. The van der Waals surface area contributed by atoms with Gasteiger partial charge in [-0.3, -0.25) is 14.4 Å². The highest BCUT2D eigenvalue weighted by Gasteiger charge is 2.60. The molecule has 45 heavy (non-hydrogen) atoms. The summed E-state index contributed by atoms with van der Waals surface area (Å²) in [6.45, 7) is 5.37. The van der Waals surface area contributed by atoms with Crippen LogP contribution in [0.3, 0.4) is 0 Å². The van der Waals surface area contributed by atoms with Gasteiger partial charge in [-0.15, -0.1) is 0 Å². The molecule has 7 nitrogen and oxygen atoms in total. The van der Waals surface area contributed by atoms with E-state index in [-0.39, 0.29) is 40.6 Å². The number of anilines is 1. The van der Waals surface area contributed by atoms with E-state index in [0.717, 1.165) is 92.8 Å². The molecule has 3 saturated carbocycles. The lowest BCUT2D eigenvalue weighted by Crippen LogP contribution is -2.59. The number of unbranched alkanes of at least 4 members (excludes halogenated alkanes) is 4. The molecule has 0 unspecified atom stereocenters. The van der Waals surface area contributed by atoms with Crippen LogP contribution in [0.15, 0.2) is 48.6 Å². The Balaban J connectivity index is 1.08. The van der Waals surface area contributed by atoms with Crippen molar-refractivity contribution in [3.8, 4) is 5.75 Å². The Labute approximate surface area is 267 Å². The second-order valence-electron chi connectivity index (χ2n) is 14.5. The molecule has 3 fully saturated rings. The minimum atomic E-state index is -0.138. The number of benzene rings is 2. The number of esters is 1. The number of carbonyl (C=O) groups is 3. The summed E-state index contributed by atoms with van der Waals surface area (Å²) in [5.41, 5.74) is 0.853. The molecule has 242 valence electrons. The third-order valence-electron chi connectivity index (χ3n) is 12.2. The third kappa shape index (κ3) is 6.12. The number of ether oxygens (including phenoxy) is 2. The molecule has 2 amide bonds. The topological polar surface area (TPSA) is 93.7 Å². The molecule has 2 aromatic carbocycles. The van der Waals surface area contributed by atoms with E-state index >= 15 is 0 Å². The normalized spacial score (nSPS) is 31.8. The fourth-order valence-corrected chi connectivity index (χ4v) is 9.69. The number of methoxy groups -OCH3 is 1. The number of fused-ring (bicyclic) bond motifs is 6. The standard InChI is InChI=1S/C38H50N2O5/c1-37-22-20-29-27(16-19-33-38(29,2)23-21-34(41)40-33)28(37)17-18-30(37)36(43)39-31-13-9-12-26-25(31)11-10-14-32(26)45-24-8-6-4-5-7-15-35(42)44-3/h9-14,21,23,27-30,33H,4-8,15-20,22,24H2,1-3H3,(H,39,43)(H,40,41)/t27-,28-,29-,30+,33+,37-,38+/m0/s1. The molecule has 6 rings (SSSR count). The highest BCUT2D eigenvalue weighted by Crippen LogP contribution is 2.65. The third-order valence-corrected chi connectivity index (χ3v) is 12.2. The zero-order valence-electron chi connectivity index (χ0n) is 27.2. The first kappa shape index (κ1) is 31.6. The Morgan fingerprint density at radius 1 is 0.911 bits per heavy atom. The van der Waals surface area contributed by atoms with E-state index in [4.69, 9.17) is 9.47 Å². The highest BCUT2D eigenvalue weighted by atomic mass is 16.5. The smallest absolute Gasteiger partial charge is 0.305 e. The molecule has 4 aliphatic rings. The minimum Gasteiger partial charge on any atom is -0.493 e. The molecule has 2 aromatic rings. The van der Waals surface area contributed by atoms with Gasteiger partial charge in [0.05, 0.1) is 13.7 Å². The van der Waals surface area contributed by atoms with Crippen molar-refractivity contribution >= 4 is 34.2 Å². The summed E-state index contributed by atoms with van der Waals surface area (Å²) in [5, 5.41) is 8.64. The van der Waals surface area contributed by atoms with Crippen LogP contribution in [-0.2, 0) is 19.1 Å². The number of hydrogen-bond acceptors (Lipinski definition) is 5. The molecule has 1 heterocycles. The predicted molar refractivity (Wildman–Crippen MR) is 177 cm³/mol. The molecule has 2 N–H and O–H groups in total. The Morgan fingerprint density at radius 2 is 1.69 bits per heavy atom. The Kier molecular flexibility index (Phi) is 9.26. The molecular formula is C38H50N2O5. The van der Waals surface area contributed by atoms with Crippen molar-refractivity contribution in [2.45, 2.75) is 96.9 Å². The molecule has 0 aromatic heterocycles. The summed E-state index contributed by atoms with van der Waals surface area (Å²) in [7, 11) is 1.43. The van der Waals surface area contributed by atoms with Gasteiger partial charge >= 0.3 is 5.97 Å². The van der Waals surface area contributed by atoms with Gasteiger partial charge < -0.3 is 20.1 Å². The van der Waals surface area contributed by atoms with Crippen molar-refractivity contribution in [3.05, 3.63) is 48.6 Å². The van der Waals surface area contributed by atoms with E-state index < -0.39 is 0 Å². The van der Waals surface area contributed by atoms with Crippen LogP contribution in [0.1, 0.15) is 90.9 Å². The van der Waals surface area contributed by atoms with Crippen molar-refractivity contribution in [2.75, 3.05) is 19.0 Å². The van der Waals surface area contributed by atoms with Crippen LogP contribution in [0.25, 0.3) is 10.8 Å². The van der Waals surface area contributed by atoms with Crippen LogP contribution in [-0.4, -0.2) is 37.5 Å². The van der Waals surface area contributed by atoms with Gasteiger partial charge in [0.15, 0.2) is 0 Å². The van der Waals surface area contributed by atoms with Crippen LogP contribution >= 0.6 is 0 Å². The minimum absolute atomic E-state index is 0.00196. The first-order valence-corrected chi connectivity index (χ1v) is 17.3. The second-order valence-corrected chi connectivity index (χ2v) is 14.5. The zero-order valence-corrected chi connectivity index (χ0v) is 27.2.